The molecular weight excluding hydrogens is 238 g/mol. The van der Waals surface area contributed by atoms with Crippen LogP contribution in [0.15, 0.2) is 0 Å². The molecule has 0 saturated carbocycles. The Bertz CT molecular complexity index is 264. The van der Waals surface area contributed by atoms with E-state index in [0.717, 1.165) is 39.3 Å². The molecule has 0 radical (unpaired) electrons. The minimum atomic E-state index is 0.378. The van der Waals surface area contributed by atoms with Crippen molar-refractivity contribution in [1.29, 1.82) is 0 Å². The van der Waals surface area contributed by atoms with E-state index in [0.29, 0.717) is 11.5 Å². The predicted molar refractivity (Wildman–Crippen MR) is 79.6 cm³/mol. The highest BCUT2D eigenvalue weighted by molar-refractivity contribution is 4.84. The van der Waals surface area contributed by atoms with E-state index in [4.69, 9.17) is 4.74 Å². The average molecular weight is 269 g/mol. The van der Waals surface area contributed by atoms with Gasteiger partial charge in [-0.1, -0.05) is 13.8 Å². The first-order chi connectivity index (χ1) is 9.11. The maximum absolute atomic E-state index is 5.84. The number of ether oxygens (including phenoxy) is 1. The molecule has 2 fully saturated rings. The summed E-state index contributed by atoms with van der Waals surface area (Å²) in [5, 5.41) is 3.65. The Balaban J connectivity index is 1.65. The lowest BCUT2D eigenvalue weighted by atomic mass is 9.80. The molecule has 0 aliphatic carbocycles. The van der Waals surface area contributed by atoms with Gasteiger partial charge in [-0.25, -0.2) is 0 Å². The van der Waals surface area contributed by atoms with Gasteiger partial charge in [0.15, 0.2) is 0 Å². The van der Waals surface area contributed by atoms with Gasteiger partial charge >= 0.3 is 0 Å². The normalized spacial score (nSPS) is 29.5. The van der Waals surface area contributed by atoms with Crippen LogP contribution in [0.2, 0.25) is 0 Å². The quantitative estimate of drug-likeness (QED) is 0.807. The Kier molecular flexibility index (Phi) is 5.63. The molecule has 112 valence electrons. The van der Waals surface area contributed by atoms with Crippen LogP contribution in [0.5, 0.6) is 0 Å². The molecule has 0 spiro atoms. The van der Waals surface area contributed by atoms with Crippen LogP contribution >= 0.6 is 0 Å². The maximum Gasteiger partial charge on any atom is 0.0826 e. The summed E-state index contributed by atoms with van der Waals surface area (Å²) in [6, 6.07) is 0. The Morgan fingerprint density at radius 3 is 2.68 bits per heavy atom. The van der Waals surface area contributed by atoms with Crippen LogP contribution in [0.1, 0.15) is 26.7 Å². The van der Waals surface area contributed by atoms with Crippen LogP contribution < -0.4 is 5.32 Å². The van der Waals surface area contributed by atoms with E-state index in [1.165, 1.54) is 25.9 Å². The van der Waals surface area contributed by atoms with Crippen LogP contribution in [0.4, 0.5) is 0 Å². The number of piperidine rings is 1. The zero-order valence-electron chi connectivity index (χ0n) is 13.0. The number of hydrogen-bond acceptors (Lipinski definition) is 4. The number of hydrogen-bond donors (Lipinski definition) is 1. The van der Waals surface area contributed by atoms with Crippen molar-refractivity contribution < 1.29 is 4.74 Å². The Morgan fingerprint density at radius 1 is 1.26 bits per heavy atom. The molecule has 0 amide bonds. The second-order valence-electron chi connectivity index (χ2n) is 6.63. The monoisotopic (exact) mass is 269 g/mol. The van der Waals surface area contributed by atoms with Crippen molar-refractivity contribution in [1.82, 2.24) is 15.1 Å². The fourth-order valence-electron chi connectivity index (χ4n) is 3.06. The minimum Gasteiger partial charge on any atom is -0.374 e. The Hall–Kier alpha value is -0.160. The summed E-state index contributed by atoms with van der Waals surface area (Å²) >= 11 is 0. The number of likely N-dealkylation sites (tertiary alicyclic amines) is 1. The van der Waals surface area contributed by atoms with Crippen molar-refractivity contribution in [2.45, 2.75) is 32.8 Å². The summed E-state index contributed by atoms with van der Waals surface area (Å²) in [6.45, 7) is 13.5. The highest BCUT2D eigenvalue weighted by atomic mass is 16.5. The summed E-state index contributed by atoms with van der Waals surface area (Å²) < 4.78 is 5.84. The topological polar surface area (TPSA) is 27.7 Å². The lowest BCUT2D eigenvalue weighted by Crippen LogP contribution is -2.48. The van der Waals surface area contributed by atoms with E-state index >= 15 is 0 Å². The molecule has 19 heavy (non-hydrogen) atoms. The third kappa shape index (κ3) is 4.71. The van der Waals surface area contributed by atoms with E-state index in [1.807, 2.05) is 0 Å². The molecule has 2 aliphatic rings. The van der Waals surface area contributed by atoms with Crippen LogP contribution in [0.25, 0.3) is 0 Å². The summed E-state index contributed by atoms with van der Waals surface area (Å²) in [7, 11) is 2.22. The van der Waals surface area contributed by atoms with Gasteiger partial charge in [0.2, 0.25) is 0 Å². The third-order valence-electron chi connectivity index (χ3n) is 4.79. The second-order valence-corrected chi connectivity index (χ2v) is 6.63. The molecule has 0 bridgehead atoms. The number of rotatable bonds is 5. The molecule has 1 atom stereocenters. The lowest BCUT2D eigenvalue weighted by molar-refractivity contribution is -0.0266. The van der Waals surface area contributed by atoms with Crippen LogP contribution in [0.3, 0.4) is 0 Å². The first-order valence-electron chi connectivity index (χ1n) is 7.84. The molecule has 0 aromatic heterocycles. The number of nitrogens with one attached hydrogen (secondary N) is 1. The van der Waals surface area contributed by atoms with E-state index in [-0.39, 0.29) is 0 Å². The molecule has 2 heterocycles. The van der Waals surface area contributed by atoms with Gasteiger partial charge in [0, 0.05) is 26.2 Å². The van der Waals surface area contributed by atoms with Gasteiger partial charge in [0.1, 0.15) is 0 Å². The van der Waals surface area contributed by atoms with Gasteiger partial charge in [-0.2, -0.15) is 0 Å². The fourth-order valence-corrected chi connectivity index (χ4v) is 3.06. The summed E-state index contributed by atoms with van der Waals surface area (Å²) in [5.41, 5.74) is 0.478. The summed E-state index contributed by atoms with van der Waals surface area (Å²) in [4.78, 5) is 4.91. The van der Waals surface area contributed by atoms with Crippen molar-refractivity contribution >= 4 is 0 Å². The van der Waals surface area contributed by atoms with Gasteiger partial charge < -0.3 is 15.0 Å². The predicted octanol–water partition coefficient (Wildman–Crippen LogP) is 1.03. The van der Waals surface area contributed by atoms with Gasteiger partial charge in [-0.15, -0.1) is 0 Å². The Labute approximate surface area is 118 Å². The number of nitrogens with zero attached hydrogens (tertiary/aromatic N) is 2. The van der Waals surface area contributed by atoms with E-state index < -0.39 is 0 Å². The van der Waals surface area contributed by atoms with Crippen LogP contribution in [0, 0.1) is 5.41 Å². The smallest absolute Gasteiger partial charge is 0.0826 e. The number of likely N-dealkylation sites (N-methyl/N-ethyl adjacent to an activating group) is 1. The lowest BCUT2D eigenvalue weighted by Gasteiger charge is -2.39. The molecule has 2 aliphatic heterocycles. The summed E-state index contributed by atoms with van der Waals surface area (Å²) in [6.07, 6.45) is 3.00. The molecule has 2 saturated heterocycles. The van der Waals surface area contributed by atoms with Crippen LogP contribution in [-0.4, -0.2) is 75.4 Å². The maximum atomic E-state index is 5.84. The largest absolute Gasteiger partial charge is 0.374 e. The average Bonchev–Trinajstić information content (AvgIpc) is 2.43. The first kappa shape index (κ1) is 15.2. The van der Waals surface area contributed by atoms with Gasteiger partial charge in [0.05, 0.1) is 12.7 Å². The molecule has 2 rings (SSSR count). The third-order valence-corrected chi connectivity index (χ3v) is 4.79. The van der Waals surface area contributed by atoms with Crippen molar-refractivity contribution in [3.8, 4) is 0 Å². The molecule has 0 aromatic rings. The van der Waals surface area contributed by atoms with E-state index in [9.17, 15) is 0 Å². The standard InChI is InChI=1S/C15H31N3O/c1-4-18-9-10-19-14(12-18)11-16-13-15(2)5-7-17(3)8-6-15/h14,16H,4-13H2,1-3H3. The van der Waals surface area contributed by atoms with Gasteiger partial charge in [-0.3, -0.25) is 4.90 Å². The first-order valence-corrected chi connectivity index (χ1v) is 7.84. The molecule has 4 heteroatoms. The molecule has 4 nitrogen and oxygen atoms in total. The van der Waals surface area contributed by atoms with Crippen molar-refractivity contribution in [3.63, 3.8) is 0 Å². The molecule has 1 unspecified atom stereocenters. The zero-order chi connectivity index (χ0) is 13.7. The second kappa shape index (κ2) is 7.02. The van der Waals surface area contributed by atoms with Crippen molar-refractivity contribution in [2.75, 3.05) is 59.5 Å². The summed E-state index contributed by atoms with van der Waals surface area (Å²) in [5.74, 6) is 0. The van der Waals surface area contributed by atoms with Gasteiger partial charge in [-0.05, 0) is 44.9 Å². The van der Waals surface area contributed by atoms with Crippen molar-refractivity contribution in [2.24, 2.45) is 5.41 Å². The highest BCUT2D eigenvalue weighted by Crippen LogP contribution is 2.29. The van der Waals surface area contributed by atoms with Gasteiger partial charge in [0.25, 0.3) is 0 Å². The van der Waals surface area contributed by atoms with Crippen LogP contribution in [-0.2, 0) is 4.74 Å². The Morgan fingerprint density at radius 2 is 2.00 bits per heavy atom. The molecule has 0 aromatic carbocycles. The SMILES string of the molecule is CCN1CCOC(CNCC2(C)CCN(C)CC2)C1. The van der Waals surface area contributed by atoms with Crippen molar-refractivity contribution in [3.05, 3.63) is 0 Å². The zero-order valence-corrected chi connectivity index (χ0v) is 13.0. The molecular formula is C15H31N3O. The minimum absolute atomic E-state index is 0.378. The fraction of sp³-hybridized carbons (Fsp3) is 1.00. The van der Waals surface area contributed by atoms with E-state index in [2.05, 4.69) is 36.0 Å². The van der Waals surface area contributed by atoms with E-state index in [1.54, 1.807) is 0 Å². The number of morpholine rings is 1. The highest BCUT2D eigenvalue weighted by Gasteiger charge is 2.29. The molecule has 1 N–H and O–H groups in total.